The summed E-state index contributed by atoms with van der Waals surface area (Å²) in [4.78, 5) is 19.2. The number of H-pyrrole nitrogens is 1. The molecule has 5 nitrogen and oxygen atoms in total. The smallest absolute Gasteiger partial charge is 0.226 e. The van der Waals surface area contributed by atoms with Crippen molar-refractivity contribution in [2.45, 2.75) is 12.8 Å². The Bertz CT molecular complexity index is 783. The quantitative estimate of drug-likeness (QED) is 0.684. The van der Waals surface area contributed by atoms with Crippen LogP contribution in [-0.4, -0.2) is 22.5 Å². The summed E-state index contributed by atoms with van der Waals surface area (Å²) in [5.74, 6) is 0.0526. The van der Waals surface area contributed by atoms with Gasteiger partial charge in [0.25, 0.3) is 0 Å². The van der Waals surface area contributed by atoms with Gasteiger partial charge in [-0.1, -0.05) is 24.3 Å². The molecule has 0 aliphatic carbocycles. The summed E-state index contributed by atoms with van der Waals surface area (Å²) in [5, 5.41) is 2.71. The molecule has 3 rings (SSSR count). The van der Waals surface area contributed by atoms with Crippen molar-refractivity contribution in [3.8, 4) is 5.75 Å². The third-order valence-electron chi connectivity index (χ3n) is 3.29. The summed E-state index contributed by atoms with van der Waals surface area (Å²) in [5.41, 5.74) is 1.66. The number of hydrogen-bond acceptors (Lipinski definition) is 3. The van der Waals surface area contributed by atoms with E-state index in [9.17, 15) is 9.18 Å². The van der Waals surface area contributed by atoms with Gasteiger partial charge in [0.15, 0.2) is 11.6 Å². The molecule has 0 unspecified atom stereocenters. The molecule has 0 atom stereocenters. The number of para-hydroxylation sites is 3. The van der Waals surface area contributed by atoms with Gasteiger partial charge in [-0.15, -0.1) is 0 Å². The van der Waals surface area contributed by atoms with E-state index >= 15 is 0 Å². The summed E-state index contributed by atoms with van der Waals surface area (Å²) < 4.78 is 18.7. The van der Waals surface area contributed by atoms with Crippen molar-refractivity contribution in [3.63, 3.8) is 0 Å². The zero-order valence-corrected chi connectivity index (χ0v) is 12.4. The number of rotatable bonds is 6. The largest absolute Gasteiger partial charge is 0.491 e. The predicted molar refractivity (Wildman–Crippen MR) is 85.9 cm³/mol. The number of benzene rings is 2. The van der Waals surface area contributed by atoms with Crippen LogP contribution in [0.2, 0.25) is 0 Å². The molecule has 0 aliphatic rings. The number of nitrogens with one attached hydrogen (secondary N) is 2. The van der Waals surface area contributed by atoms with Crippen molar-refractivity contribution in [2.75, 3.05) is 11.9 Å². The molecule has 3 aromatic rings. The first kappa shape index (κ1) is 15.0. The van der Waals surface area contributed by atoms with E-state index in [4.69, 9.17) is 4.74 Å². The van der Waals surface area contributed by atoms with Gasteiger partial charge in [-0.2, -0.15) is 0 Å². The number of imidazole rings is 1. The number of ether oxygens (including phenoxy) is 1. The highest BCUT2D eigenvalue weighted by atomic mass is 19.1. The molecule has 1 heterocycles. The van der Waals surface area contributed by atoms with Crippen LogP contribution in [0.4, 0.5) is 10.3 Å². The van der Waals surface area contributed by atoms with Crippen LogP contribution in [0.1, 0.15) is 12.8 Å². The average molecular weight is 313 g/mol. The number of anilines is 1. The van der Waals surface area contributed by atoms with Gasteiger partial charge < -0.3 is 9.72 Å². The van der Waals surface area contributed by atoms with Crippen molar-refractivity contribution >= 4 is 22.9 Å². The number of halogens is 1. The van der Waals surface area contributed by atoms with Gasteiger partial charge in [-0.3, -0.25) is 10.1 Å². The Labute approximate surface area is 132 Å². The van der Waals surface area contributed by atoms with Crippen LogP contribution in [0, 0.1) is 5.82 Å². The van der Waals surface area contributed by atoms with Crippen molar-refractivity contribution in [1.29, 1.82) is 0 Å². The summed E-state index contributed by atoms with van der Waals surface area (Å²) in [6.07, 6.45) is 0.756. The van der Waals surface area contributed by atoms with E-state index in [1.165, 1.54) is 6.07 Å². The zero-order chi connectivity index (χ0) is 16.1. The number of aromatic nitrogens is 2. The van der Waals surface area contributed by atoms with Crippen LogP contribution in [0.15, 0.2) is 48.5 Å². The number of aromatic amines is 1. The first-order valence-corrected chi connectivity index (χ1v) is 7.34. The maximum absolute atomic E-state index is 13.3. The van der Waals surface area contributed by atoms with E-state index in [0.717, 1.165) is 11.0 Å². The number of nitrogens with zero attached hydrogens (tertiary/aromatic N) is 1. The molecule has 0 bridgehead atoms. The number of carbonyl (C=O) groups excluding carboxylic acids is 1. The predicted octanol–water partition coefficient (Wildman–Crippen LogP) is 3.50. The molecule has 2 aromatic carbocycles. The molecule has 0 fully saturated rings. The van der Waals surface area contributed by atoms with Gasteiger partial charge in [-0.25, -0.2) is 9.37 Å². The standard InChI is InChI=1S/C17H16FN3O2/c18-12-6-1-4-9-15(12)23-11-5-10-16(22)21-17-19-13-7-2-3-8-14(13)20-17/h1-4,6-9H,5,10-11H2,(H2,19,20,21,22). The van der Waals surface area contributed by atoms with Gasteiger partial charge >= 0.3 is 0 Å². The highest BCUT2D eigenvalue weighted by Crippen LogP contribution is 2.16. The topological polar surface area (TPSA) is 67.0 Å². The first-order valence-electron chi connectivity index (χ1n) is 7.34. The Morgan fingerprint density at radius 3 is 2.78 bits per heavy atom. The Morgan fingerprint density at radius 1 is 1.17 bits per heavy atom. The van der Waals surface area contributed by atoms with Crippen LogP contribution < -0.4 is 10.1 Å². The Hall–Kier alpha value is -2.89. The second-order valence-electron chi connectivity index (χ2n) is 5.03. The van der Waals surface area contributed by atoms with Crippen LogP contribution in [0.5, 0.6) is 5.75 Å². The summed E-state index contributed by atoms with van der Waals surface area (Å²) in [6.45, 7) is 0.272. The zero-order valence-electron chi connectivity index (χ0n) is 12.4. The molecule has 0 saturated heterocycles. The number of hydrogen-bond donors (Lipinski definition) is 2. The van der Waals surface area contributed by atoms with E-state index in [1.807, 2.05) is 24.3 Å². The van der Waals surface area contributed by atoms with Crippen LogP contribution in [0.3, 0.4) is 0 Å². The van der Waals surface area contributed by atoms with Crippen LogP contribution in [-0.2, 0) is 4.79 Å². The lowest BCUT2D eigenvalue weighted by Crippen LogP contribution is -2.13. The highest BCUT2D eigenvalue weighted by molar-refractivity contribution is 5.90. The molecule has 118 valence electrons. The van der Waals surface area contributed by atoms with Crippen molar-refractivity contribution < 1.29 is 13.9 Å². The summed E-state index contributed by atoms with van der Waals surface area (Å²) in [7, 11) is 0. The minimum Gasteiger partial charge on any atom is -0.491 e. The molecular formula is C17H16FN3O2. The van der Waals surface area contributed by atoms with Gasteiger partial charge in [-0.05, 0) is 30.7 Å². The normalized spacial score (nSPS) is 10.7. The van der Waals surface area contributed by atoms with E-state index in [1.54, 1.807) is 18.2 Å². The van der Waals surface area contributed by atoms with Gasteiger partial charge in [0.05, 0.1) is 17.6 Å². The molecular weight excluding hydrogens is 297 g/mol. The lowest BCUT2D eigenvalue weighted by atomic mass is 10.3. The molecule has 2 N–H and O–H groups in total. The number of fused-ring (bicyclic) bond motifs is 1. The monoisotopic (exact) mass is 313 g/mol. The number of amides is 1. The van der Waals surface area contributed by atoms with Crippen LogP contribution >= 0.6 is 0 Å². The maximum Gasteiger partial charge on any atom is 0.226 e. The minimum absolute atomic E-state index is 0.166. The molecule has 0 saturated carbocycles. The Kier molecular flexibility index (Phi) is 4.52. The molecule has 1 amide bonds. The average Bonchev–Trinajstić information content (AvgIpc) is 2.95. The summed E-state index contributed by atoms with van der Waals surface area (Å²) >= 11 is 0. The van der Waals surface area contributed by atoms with Gasteiger partial charge in [0, 0.05) is 6.42 Å². The molecule has 23 heavy (non-hydrogen) atoms. The fourth-order valence-corrected chi connectivity index (χ4v) is 2.18. The van der Waals surface area contributed by atoms with Crippen molar-refractivity contribution in [1.82, 2.24) is 9.97 Å². The van der Waals surface area contributed by atoms with Crippen LogP contribution in [0.25, 0.3) is 11.0 Å². The van der Waals surface area contributed by atoms with E-state index in [0.29, 0.717) is 12.4 Å². The first-order chi connectivity index (χ1) is 11.2. The lowest BCUT2D eigenvalue weighted by Gasteiger charge is -2.06. The second kappa shape index (κ2) is 6.91. The third-order valence-corrected chi connectivity index (χ3v) is 3.29. The second-order valence-corrected chi connectivity index (χ2v) is 5.03. The maximum atomic E-state index is 13.3. The molecule has 0 spiro atoms. The fraction of sp³-hybridized carbons (Fsp3) is 0.176. The Balaban J connectivity index is 1.45. The molecule has 0 radical (unpaired) electrons. The van der Waals surface area contributed by atoms with Crippen molar-refractivity contribution in [2.24, 2.45) is 0 Å². The fourth-order valence-electron chi connectivity index (χ4n) is 2.18. The van der Waals surface area contributed by atoms with Crippen molar-refractivity contribution in [3.05, 3.63) is 54.3 Å². The molecule has 1 aromatic heterocycles. The van der Waals surface area contributed by atoms with E-state index in [2.05, 4.69) is 15.3 Å². The van der Waals surface area contributed by atoms with E-state index < -0.39 is 5.82 Å². The summed E-state index contributed by atoms with van der Waals surface area (Å²) in [6, 6.07) is 13.7. The molecule has 0 aliphatic heterocycles. The Morgan fingerprint density at radius 2 is 1.96 bits per heavy atom. The highest BCUT2D eigenvalue weighted by Gasteiger charge is 2.07. The molecule has 6 heteroatoms. The van der Waals surface area contributed by atoms with Gasteiger partial charge in [0.2, 0.25) is 11.9 Å². The number of carbonyl (C=O) groups is 1. The lowest BCUT2D eigenvalue weighted by molar-refractivity contribution is -0.116. The van der Waals surface area contributed by atoms with Gasteiger partial charge in [0.1, 0.15) is 0 Å². The SMILES string of the molecule is O=C(CCCOc1ccccc1F)Nc1nc2ccccc2[nH]1. The third kappa shape index (κ3) is 3.85. The van der Waals surface area contributed by atoms with E-state index in [-0.39, 0.29) is 24.7 Å². The minimum atomic E-state index is -0.403.